The summed E-state index contributed by atoms with van der Waals surface area (Å²) >= 11 is 6.18. The van der Waals surface area contributed by atoms with Crippen molar-refractivity contribution in [3.63, 3.8) is 0 Å². The second kappa shape index (κ2) is 12.3. The van der Waals surface area contributed by atoms with E-state index in [0.29, 0.717) is 54.0 Å². The molecular weight excluding hydrogens is 594 g/mol. The number of rotatable bonds is 8. The van der Waals surface area contributed by atoms with Crippen LogP contribution in [0.2, 0.25) is 5.15 Å². The van der Waals surface area contributed by atoms with Crippen LogP contribution in [0.3, 0.4) is 0 Å². The van der Waals surface area contributed by atoms with E-state index in [0.717, 1.165) is 49.7 Å². The van der Waals surface area contributed by atoms with Gasteiger partial charge in [0, 0.05) is 37.5 Å². The zero-order chi connectivity index (χ0) is 30.1. The van der Waals surface area contributed by atoms with E-state index in [-0.39, 0.29) is 23.1 Å². The van der Waals surface area contributed by atoms with Crippen LogP contribution in [0, 0.1) is 6.92 Å². The van der Waals surface area contributed by atoms with E-state index in [1.807, 2.05) is 17.7 Å². The largest absolute Gasteiger partial charge is 0.379 e. The second-order valence-electron chi connectivity index (χ2n) is 10.8. The smallest absolute Gasteiger partial charge is 0.229 e. The van der Waals surface area contributed by atoms with Crippen LogP contribution < -0.4 is 10.0 Å². The minimum atomic E-state index is -3.57. The number of hydrogen-bond acceptors (Lipinski definition) is 11. The topological polar surface area (TPSA) is 149 Å². The molecule has 0 radical (unpaired) electrons. The number of nitrogens with one attached hydrogen (secondary N) is 2. The summed E-state index contributed by atoms with van der Waals surface area (Å²) in [5.74, 6) is 1.08. The van der Waals surface area contributed by atoms with Crippen molar-refractivity contribution in [3.05, 3.63) is 47.4 Å². The quantitative estimate of drug-likeness (QED) is 0.267. The van der Waals surface area contributed by atoms with Crippen molar-refractivity contribution in [1.29, 1.82) is 0 Å². The Hall–Kier alpha value is -3.43. The number of imidazole rings is 1. The number of aromatic nitrogens is 6. The minimum absolute atomic E-state index is 0.0300. The molecule has 6 rings (SSSR count). The van der Waals surface area contributed by atoms with Crippen molar-refractivity contribution < 1.29 is 17.9 Å². The highest BCUT2D eigenvalue weighted by molar-refractivity contribution is 7.92. The van der Waals surface area contributed by atoms with Crippen molar-refractivity contribution in [3.8, 4) is 11.3 Å². The van der Waals surface area contributed by atoms with Gasteiger partial charge in [0.15, 0.2) is 10.8 Å². The third-order valence-electron chi connectivity index (χ3n) is 7.64. The van der Waals surface area contributed by atoms with E-state index in [4.69, 9.17) is 41.0 Å². The predicted octanol–water partition coefficient (Wildman–Crippen LogP) is 4.45. The summed E-state index contributed by atoms with van der Waals surface area (Å²) < 4.78 is 39.8. The number of aryl methyl sites for hydroxylation is 1. The second-order valence-corrected chi connectivity index (χ2v) is 12.9. The van der Waals surface area contributed by atoms with Crippen molar-refractivity contribution in [2.45, 2.75) is 45.4 Å². The average molecular weight is 628 g/mol. The summed E-state index contributed by atoms with van der Waals surface area (Å²) in [6.07, 6.45) is 9.04. The Labute approximate surface area is 255 Å². The van der Waals surface area contributed by atoms with Crippen molar-refractivity contribution in [2.24, 2.45) is 0 Å². The minimum Gasteiger partial charge on any atom is -0.379 e. The number of hydrogen-bond donors (Lipinski definition) is 2. The zero-order valence-electron chi connectivity index (χ0n) is 24.2. The predicted molar refractivity (Wildman–Crippen MR) is 164 cm³/mol. The lowest BCUT2D eigenvalue weighted by Crippen LogP contribution is -2.38. The fourth-order valence-electron chi connectivity index (χ4n) is 5.46. The molecule has 2 fully saturated rings. The molecule has 0 spiro atoms. The SMILES string of the molecule is Cc1nc(-c2cc(C(C)N3CCOCC3)cnc2Nc2cnc(Cl)c(NS(C)(=O)=O)c2)c2ncn(C3CCCCO3)c2n1. The standard InChI is InChI=1S/C28H34ClN9O4S/c1-17(37-7-10-41-11-8-37)19-12-21(27(31-14-19)35-20-13-22(26(29)30-15-20)36-43(3,39)40)24-25-28(34-18(2)33-24)38(16-32-25)23-6-4-5-9-42-23/h12-17,23,36H,4-11H2,1-3H3,(H,31,35). The molecule has 228 valence electrons. The lowest BCUT2D eigenvalue weighted by Gasteiger charge is -2.32. The third kappa shape index (κ3) is 6.58. The Balaban J connectivity index is 1.46. The maximum Gasteiger partial charge on any atom is 0.229 e. The molecular formula is C28H34ClN9O4S. The molecule has 43 heavy (non-hydrogen) atoms. The molecule has 2 aliphatic heterocycles. The number of sulfonamides is 1. The van der Waals surface area contributed by atoms with Crippen molar-refractivity contribution in [2.75, 3.05) is 49.2 Å². The van der Waals surface area contributed by atoms with Gasteiger partial charge in [-0.1, -0.05) is 11.6 Å². The van der Waals surface area contributed by atoms with Crippen LogP contribution in [0.1, 0.15) is 49.8 Å². The van der Waals surface area contributed by atoms with E-state index >= 15 is 0 Å². The summed E-state index contributed by atoms with van der Waals surface area (Å²) in [5.41, 5.74) is 4.32. The van der Waals surface area contributed by atoms with Gasteiger partial charge in [-0.3, -0.25) is 14.2 Å². The Bertz CT molecular complexity index is 1740. The molecule has 4 aromatic rings. The first-order valence-corrected chi connectivity index (χ1v) is 16.5. The molecule has 2 unspecified atom stereocenters. The molecule has 0 saturated carbocycles. The van der Waals surface area contributed by atoms with Crippen LogP contribution in [-0.2, 0) is 19.5 Å². The summed E-state index contributed by atoms with van der Waals surface area (Å²) in [7, 11) is -3.57. The van der Waals surface area contributed by atoms with Gasteiger partial charge in [-0.25, -0.2) is 33.3 Å². The monoisotopic (exact) mass is 627 g/mol. The van der Waals surface area contributed by atoms with Gasteiger partial charge in [0.25, 0.3) is 0 Å². The van der Waals surface area contributed by atoms with E-state index in [2.05, 4.69) is 32.9 Å². The van der Waals surface area contributed by atoms with Crippen LogP contribution in [0.25, 0.3) is 22.4 Å². The van der Waals surface area contributed by atoms with E-state index in [1.54, 1.807) is 12.4 Å². The van der Waals surface area contributed by atoms with Gasteiger partial charge in [0.05, 0.1) is 43.4 Å². The Morgan fingerprint density at radius 1 is 1.07 bits per heavy atom. The number of pyridine rings is 2. The van der Waals surface area contributed by atoms with E-state index in [1.165, 1.54) is 6.20 Å². The number of morpholine rings is 1. The normalized spacial score (nSPS) is 18.9. The number of halogens is 1. The van der Waals surface area contributed by atoms with E-state index < -0.39 is 10.0 Å². The molecule has 2 aliphatic rings. The third-order valence-corrected chi connectivity index (χ3v) is 8.53. The molecule has 15 heteroatoms. The zero-order valence-corrected chi connectivity index (χ0v) is 25.8. The molecule has 4 aromatic heterocycles. The summed E-state index contributed by atoms with van der Waals surface area (Å²) in [4.78, 5) is 25.7. The van der Waals surface area contributed by atoms with Gasteiger partial charge in [0.2, 0.25) is 10.0 Å². The average Bonchev–Trinajstić information content (AvgIpc) is 3.42. The first-order valence-electron chi connectivity index (χ1n) is 14.2. The summed E-state index contributed by atoms with van der Waals surface area (Å²) in [6.45, 7) is 7.73. The molecule has 13 nitrogen and oxygen atoms in total. The molecule has 0 aliphatic carbocycles. The van der Waals surface area contributed by atoms with Gasteiger partial charge in [0.1, 0.15) is 29.1 Å². The van der Waals surface area contributed by atoms with Crippen LogP contribution in [0.4, 0.5) is 17.2 Å². The van der Waals surface area contributed by atoms with Crippen LogP contribution in [-0.4, -0.2) is 82.0 Å². The number of fused-ring (bicyclic) bond motifs is 1. The molecule has 2 saturated heterocycles. The molecule has 2 atom stereocenters. The first-order chi connectivity index (χ1) is 20.7. The fourth-order valence-corrected chi connectivity index (χ4v) is 6.22. The number of anilines is 3. The van der Waals surface area contributed by atoms with Gasteiger partial charge < -0.3 is 14.8 Å². The number of ether oxygens (including phenoxy) is 2. The number of nitrogens with zero attached hydrogens (tertiary/aromatic N) is 7. The highest BCUT2D eigenvalue weighted by atomic mass is 35.5. The van der Waals surface area contributed by atoms with Gasteiger partial charge in [-0.05, 0) is 50.8 Å². The fraction of sp³-hybridized carbons (Fsp3) is 0.464. The molecule has 0 amide bonds. The summed E-state index contributed by atoms with van der Waals surface area (Å²) in [6, 6.07) is 3.73. The highest BCUT2D eigenvalue weighted by Crippen LogP contribution is 2.36. The van der Waals surface area contributed by atoms with Crippen molar-refractivity contribution in [1.82, 2.24) is 34.4 Å². The molecule has 2 N–H and O–H groups in total. The molecule has 6 heterocycles. The van der Waals surface area contributed by atoms with Crippen LogP contribution in [0.15, 0.2) is 30.9 Å². The Kier molecular flexibility index (Phi) is 8.47. The maximum atomic E-state index is 11.9. The first kappa shape index (κ1) is 29.6. The Morgan fingerprint density at radius 2 is 1.88 bits per heavy atom. The maximum absolute atomic E-state index is 11.9. The van der Waals surface area contributed by atoms with Gasteiger partial charge >= 0.3 is 0 Å². The molecule has 0 aromatic carbocycles. The Morgan fingerprint density at radius 3 is 2.63 bits per heavy atom. The van der Waals surface area contributed by atoms with E-state index in [9.17, 15) is 8.42 Å². The lowest BCUT2D eigenvalue weighted by atomic mass is 10.0. The highest BCUT2D eigenvalue weighted by Gasteiger charge is 2.25. The van der Waals surface area contributed by atoms with Gasteiger partial charge in [-0.2, -0.15) is 0 Å². The lowest BCUT2D eigenvalue weighted by molar-refractivity contribution is -0.0298. The van der Waals surface area contributed by atoms with Gasteiger partial charge in [-0.15, -0.1) is 0 Å². The molecule has 0 bridgehead atoms. The van der Waals surface area contributed by atoms with Crippen molar-refractivity contribution >= 4 is 50.0 Å². The summed E-state index contributed by atoms with van der Waals surface area (Å²) in [5, 5.41) is 3.33. The van der Waals surface area contributed by atoms with Crippen LogP contribution >= 0.6 is 11.6 Å². The van der Waals surface area contributed by atoms with Crippen LogP contribution in [0.5, 0.6) is 0 Å².